The Hall–Kier alpha value is -1.62. The number of hydrogen-bond donors (Lipinski definition) is 2. The SMILES string of the molecule is Cc1ccc2[nH]c(=S)n(CCC(=O)NC(C)C)c2c1. The number of hydrogen-bond acceptors (Lipinski definition) is 2. The highest BCUT2D eigenvalue weighted by molar-refractivity contribution is 7.71. The summed E-state index contributed by atoms with van der Waals surface area (Å²) in [4.78, 5) is 14.9. The van der Waals surface area contributed by atoms with E-state index in [0.29, 0.717) is 17.7 Å². The minimum Gasteiger partial charge on any atom is -0.354 e. The van der Waals surface area contributed by atoms with E-state index < -0.39 is 0 Å². The fourth-order valence-corrected chi connectivity index (χ4v) is 2.39. The monoisotopic (exact) mass is 277 g/mol. The largest absolute Gasteiger partial charge is 0.354 e. The molecule has 0 spiro atoms. The first-order chi connectivity index (χ1) is 8.97. The molecule has 19 heavy (non-hydrogen) atoms. The molecule has 1 heterocycles. The van der Waals surface area contributed by atoms with Crippen LogP contribution in [0.15, 0.2) is 18.2 Å². The zero-order valence-corrected chi connectivity index (χ0v) is 12.3. The number of carbonyl (C=O) groups is 1. The molecule has 0 saturated carbocycles. The number of carbonyl (C=O) groups excluding carboxylic acids is 1. The van der Waals surface area contributed by atoms with Gasteiger partial charge < -0.3 is 14.9 Å². The molecule has 4 nitrogen and oxygen atoms in total. The summed E-state index contributed by atoms with van der Waals surface area (Å²) in [6.45, 7) is 6.56. The minimum absolute atomic E-state index is 0.0545. The van der Waals surface area contributed by atoms with E-state index in [-0.39, 0.29) is 11.9 Å². The van der Waals surface area contributed by atoms with Gasteiger partial charge in [0.1, 0.15) is 0 Å². The summed E-state index contributed by atoms with van der Waals surface area (Å²) in [6, 6.07) is 6.32. The molecule has 102 valence electrons. The zero-order chi connectivity index (χ0) is 14.0. The number of amides is 1. The van der Waals surface area contributed by atoms with Crippen LogP contribution in [-0.2, 0) is 11.3 Å². The number of aromatic nitrogens is 2. The molecule has 1 amide bonds. The predicted molar refractivity (Wildman–Crippen MR) is 79.8 cm³/mol. The van der Waals surface area contributed by atoms with Crippen LogP contribution in [0.5, 0.6) is 0 Å². The van der Waals surface area contributed by atoms with Crippen molar-refractivity contribution in [2.75, 3.05) is 0 Å². The maximum Gasteiger partial charge on any atom is 0.221 e. The van der Waals surface area contributed by atoms with E-state index in [2.05, 4.69) is 16.4 Å². The third-order valence-corrected chi connectivity index (χ3v) is 3.27. The van der Waals surface area contributed by atoms with Crippen LogP contribution < -0.4 is 5.32 Å². The van der Waals surface area contributed by atoms with Crippen LogP contribution in [0.4, 0.5) is 0 Å². The van der Waals surface area contributed by atoms with Gasteiger partial charge in [-0.3, -0.25) is 4.79 Å². The molecule has 0 unspecified atom stereocenters. The van der Waals surface area contributed by atoms with E-state index >= 15 is 0 Å². The summed E-state index contributed by atoms with van der Waals surface area (Å²) >= 11 is 5.31. The zero-order valence-electron chi connectivity index (χ0n) is 11.5. The lowest BCUT2D eigenvalue weighted by Crippen LogP contribution is -2.30. The van der Waals surface area contributed by atoms with Gasteiger partial charge in [0.05, 0.1) is 11.0 Å². The van der Waals surface area contributed by atoms with Crippen LogP contribution in [-0.4, -0.2) is 21.5 Å². The van der Waals surface area contributed by atoms with Crippen molar-refractivity contribution in [1.29, 1.82) is 0 Å². The average Bonchev–Trinajstić information content (AvgIpc) is 2.61. The van der Waals surface area contributed by atoms with Crippen LogP contribution in [0.2, 0.25) is 0 Å². The Morgan fingerprint density at radius 1 is 1.47 bits per heavy atom. The fraction of sp³-hybridized carbons (Fsp3) is 0.429. The summed E-state index contributed by atoms with van der Waals surface area (Å²) in [7, 11) is 0. The molecule has 0 aliphatic heterocycles. The second-order valence-corrected chi connectivity index (χ2v) is 5.46. The number of aromatic amines is 1. The topological polar surface area (TPSA) is 49.8 Å². The Labute approximate surface area is 117 Å². The number of nitrogens with one attached hydrogen (secondary N) is 2. The maximum absolute atomic E-state index is 11.7. The van der Waals surface area contributed by atoms with Gasteiger partial charge in [-0.2, -0.15) is 0 Å². The molecule has 0 aliphatic rings. The first kappa shape index (κ1) is 13.8. The van der Waals surface area contributed by atoms with E-state index in [1.807, 2.05) is 37.5 Å². The second kappa shape index (κ2) is 5.57. The Kier molecular flexibility index (Phi) is 4.04. The number of benzene rings is 1. The van der Waals surface area contributed by atoms with Crippen LogP contribution in [0.1, 0.15) is 25.8 Å². The molecular weight excluding hydrogens is 258 g/mol. The standard InChI is InChI=1S/C14H19N3OS/c1-9(2)15-13(18)6-7-17-12-8-10(3)4-5-11(12)16-14(17)19/h4-5,8-9H,6-7H2,1-3H3,(H,15,18)(H,16,19). The molecule has 0 saturated heterocycles. The Morgan fingerprint density at radius 3 is 2.89 bits per heavy atom. The van der Waals surface area contributed by atoms with E-state index in [4.69, 9.17) is 12.2 Å². The summed E-state index contributed by atoms with van der Waals surface area (Å²) in [6.07, 6.45) is 0.438. The molecule has 5 heteroatoms. The lowest BCUT2D eigenvalue weighted by atomic mass is 10.2. The lowest BCUT2D eigenvalue weighted by molar-refractivity contribution is -0.121. The van der Waals surface area contributed by atoms with Crippen molar-refractivity contribution in [3.63, 3.8) is 0 Å². The molecule has 0 bridgehead atoms. The Bertz CT molecular complexity index is 654. The second-order valence-electron chi connectivity index (χ2n) is 5.07. The molecule has 0 fully saturated rings. The van der Waals surface area contributed by atoms with Crippen molar-refractivity contribution in [3.05, 3.63) is 28.5 Å². The molecule has 0 atom stereocenters. The van der Waals surface area contributed by atoms with Gasteiger partial charge >= 0.3 is 0 Å². The van der Waals surface area contributed by atoms with E-state index in [1.165, 1.54) is 5.56 Å². The molecule has 2 aromatic rings. The van der Waals surface area contributed by atoms with Gasteiger partial charge in [0.15, 0.2) is 4.77 Å². The van der Waals surface area contributed by atoms with Crippen molar-refractivity contribution in [2.24, 2.45) is 0 Å². The average molecular weight is 277 g/mol. The highest BCUT2D eigenvalue weighted by Gasteiger charge is 2.08. The van der Waals surface area contributed by atoms with Gasteiger partial charge in [-0.25, -0.2) is 0 Å². The summed E-state index contributed by atoms with van der Waals surface area (Å²) in [5.41, 5.74) is 3.25. The molecule has 2 rings (SSSR count). The van der Waals surface area contributed by atoms with Crippen molar-refractivity contribution in [3.8, 4) is 0 Å². The summed E-state index contributed by atoms with van der Waals surface area (Å²) in [5, 5.41) is 2.89. The molecule has 2 N–H and O–H groups in total. The third-order valence-electron chi connectivity index (χ3n) is 2.94. The number of imidazole rings is 1. The van der Waals surface area contributed by atoms with Crippen LogP contribution in [0.25, 0.3) is 11.0 Å². The van der Waals surface area contributed by atoms with Crippen molar-refractivity contribution in [1.82, 2.24) is 14.9 Å². The van der Waals surface area contributed by atoms with E-state index in [0.717, 1.165) is 11.0 Å². The van der Waals surface area contributed by atoms with Gasteiger partial charge in [0.2, 0.25) is 5.91 Å². The van der Waals surface area contributed by atoms with Gasteiger partial charge in [-0.15, -0.1) is 0 Å². The number of nitrogens with zero attached hydrogens (tertiary/aromatic N) is 1. The van der Waals surface area contributed by atoms with Crippen molar-refractivity contribution < 1.29 is 4.79 Å². The fourth-order valence-electron chi connectivity index (χ4n) is 2.09. The maximum atomic E-state index is 11.7. The number of H-pyrrole nitrogens is 1. The molecule has 1 aromatic carbocycles. The normalized spacial score (nSPS) is 11.2. The number of fused-ring (bicyclic) bond motifs is 1. The molecular formula is C14H19N3OS. The van der Waals surface area contributed by atoms with Crippen molar-refractivity contribution in [2.45, 2.75) is 39.8 Å². The van der Waals surface area contributed by atoms with Gasteiger partial charge in [-0.05, 0) is 50.7 Å². The summed E-state index contributed by atoms with van der Waals surface area (Å²) in [5.74, 6) is 0.0545. The quantitative estimate of drug-likeness (QED) is 0.844. The van der Waals surface area contributed by atoms with Gasteiger partial charge in [0.25, 0.3) is 0 Å². The Balaban J connectivity index is 2.21. The van der Waals surface area contributed by atoms with E-state index in [9.17, 15) is 4.79 Å². The smallest absolute Gasteiger partial charge is 0.221 e. The third kappa shape index (κ3) is 3.23. The van der Waals surface area contributed by atoms with E-state index in [1.54, 1.807) is 0 Å². The number of rotatable bonds is 4. The van der Waals surface area contributed by atoms with Crippen LogP contribution in [0.3, 0.4) is 0 Å². The van der Waals surface area contributed by atoms with Crippen LogP contribution in [0, 0.1) is 11.7 Å². The number of aryl methyl sites for hydroxylation is 2. The minimum atomic E-state index is 0.0545. The molecule has 0 aliphatic carbocycles. The molecule has 0 radical (unpaired) electrons. The van der Waals surface area contributed by atoms with Gasteiger partial charge in [0, 0.05) is 19.0 Å². The predicted octanol–water partition coefficient (Wildman–Crippen LogP) is 2.92. The highest BCUT2D eigenvalue weighted by atomic mass is 32.1. The summed E-state index contributed by atoms with van der Waals surface area (Å²) < 4.78 is 2.65. The van der Waals surface area contributed by atoms with Crippen molar-refractivity contribution >= 4 is 29.2 Å². The van der Waals surface area contributed by atoms with Crippen LogP contribution >= 0.6 is 12.2 Å². The Morgan fingerprint density at radius 2 is 2.21 bits per heavy atom. The highest BCUT2D eigenvalue weighted by Crippen LogP contribution is 2.16. The first-order valence-electron chi connectivity index (χ1n) is 6.46. The lowest BCUT2D eigenvalue weighted by Gasteiger charge is -2.09. The first-order valence-corrected chi connectivity index (χ1v) is 6.86. The van der Waals surface area contributed by atoms with Gasteiger partial charge in [-0.1, -0.05) is 6.07 Å². The molecule has 1 aromatic heterocycles.